The number of likely N-dealkylation sites (N-methyl/N-ethyl adjacent to an activating group) is 1. The van der Waals surface area contributed by atoms with Gasteiger partial charge in [0.25, 0.3) is 0 Å². The van der Waals surface area contributed by atoms with Gasteiger partial charge in [-0.15, -0.1) is 0 Å². The summed E-state index contributed by atoms with van der Waals surface area (Å²) < 4.78 is 0.361. The van der Waals surface area contributed by atoms with Crippen molar-refractivity contribution in [2.24, 2.45) is 5.92 Å². The number of carbonyl (C=O) groups excluding carboxylic acids is 1. The summed E-state index contributed by atoms with van der Waals surface area (Å²) in [6, 6.07) is 0. The average molecular weight is 244 g/mol. The van der Waals surface area contributed by atoms with Gasteiger partial charge in [0.1, 0.15) is 6.54 Å². The van der Waals surface area contributed by atoms with Gasteiger partial charge in [0.05, 0.1) is 27.6 Å². The Morgan fingerprint density at radius 1 is 1.29 bits per heavy atom. The number of aliphatic carboxylic acids is 1. The van der Waals surface area contributed by atoms with Crippen LogP contribution in [0.25, 0.3) is 0 Å². The Labute approximate surface area is 102 Å². The van der Waals surface area contributed by atoms with Gasteiger partial charge in [0, 0.05) is 6.42 Å². The van der Waals surface area contributed by atoms with Crippen LogP contribution in [0.2, 0.25) is 0 Å². The first kappa shape index (κ1) is 14.1. The monoisotopic (exact) mass is 244 g/mol. The van der Waals surface area contributed by atoms with Crippen LogP contribution >= 0.6 is 0 Å². The number of hydrogen-bond acceptors (Lipinski definition) is 3. The smallest absolute Gasteiger partial charge is 0.306 e. The van der Waals surface area contributed by atoms with E-state index < -0.39 is 18.0 Å². The number of carboxylic acids is 1. The number of quaternary nitrogens is 1. The number of nitrogens with zero attached hydrogens (tertiary/aromatic N) is 1. The van der Waals surface area contributed by atoms with E-state index in [2.05, 4.69) is 0 Å². The summed E-state index contributed by atoms with van der Waals surface area (Å²) in [4.78, 5) is 22.8. The molecule has 0 aliphatic heterocycles. The zero-order valence-corrected chi connectivity index (χ0v) is 10.8. The first-order valence-corrected chi connectivity index (χ1v) is 5.90. The lowest BCUT2D eigenvalue weighted by Crippen LogP contribution is -2.54. The van der Waals surface area contributed by atoms with Crippen LogP contribution in [-0.2, 0) is 9.59 Å². The van der Waals surface area contributed by atoms with Gasteiger partial charge in [-0.2, -0.15) is 0 Å². The zero-order valence-electron chi connectivity index (χ0n) is 10.8. The number of carboxylic acid groups (broad SMARTS) is 1. The lowest BCUT2D eigenvalue weighted by Gasteiger charge is -2.33. The second-order valence-corrected chi connectivity index (χ2v) is 6.12. The maximum absolute atomic E-state index is 12.0. The molecule has 2 N–H and O–H groups in total. The molecular formula is C12H22NO4+. The molecule has 0 radical (unpaired) electrons. The second-order valence-electron chi connectivity index (χ2n) is 6.12. The number of Topliss-reactive ketones (excluding diaryl/α,β-unsaturated/α-hetero) is 1. The molecule has 0 spiro atoms. The molecule has 98 valence electrons. The van der Waals surface area contributed by atoms with Crippen molar-refractivity contribution in [1.82, 2.24) is 0 Å². The van der Waals surface area contributed by atoms with Crippen molar-refractivity contribution in [3.63, 3.8) is 0 Å². The third-order valence-corrected chi connectivity index (χ3v) is 2.87. The Kier molecular flexibility index (Phi) is 3.94. The minimum atomic E-state index is -1.73. The molecule has 1 aliphatic rings. The highest BCUT2D eigenvalue weighted by Crippen LogP contribution is 2.34. The minimum Gasteiger partial charge on any atom is -0.481 e. The highest BCUT2D eigenvalue weighted by molar-refractivity contribution is 5.91. The third-order valence-electron chi connectivity index (χ3n) is 2.87. The first-order valence-electron chi connectivity index (χ1n) is 5.90. The van der Waals surface area contributed by atoms with E-state index in [9.17, 15) is 14.7 Å². The van der Waals surface area contributed by atoms with E-state index in [0.717, 1.165) is 12.8 Å². The summed E-state index contributed by atoms with van der Waals surface area (Å²) in [7, 11) is 5.49. The fourth-order valence-corrected chi connectivity index (χ4v) is 2.05. The molecule has 0 unspecified atom stereocenters. The summed E-state index contributed by atoms with van der Waals surface area (Å²) in [5, 5.41) is 19.1. The normalized spacial score (nSPS) is 19.8. The zero-order chi connectivity index (χ0) is 13.3. The Balaban J connectivity index is 2.75. The topological polar surface area (TPSA) is 74.6 Å². The lowest BCUT2D eigenvalue weighted by atomic mass is 9.90. The molecule has 17 heavy (non-hydrogen) atoms. The van der Waals surface area contributed by atoms with Crippen LogP contribution < -0.4 is 0 Å². The Morgan fingerprint density at radius 3 is 2.18 bits per heavy atom. The first-order chi connectivity index (χ1) is 7.62. The average Bonchev–Trinajstić information content (AvgIpc) is 2.82. The summed E-state index contributed by atoms with van der Waals surface area (Å²) >= 11 is 0. The molecule has 0 aromatic rings. The van der Waals surface area contributed by atoms with Crippen LogP contribution in [0.4, 0.5) is 0 Å². The van der Waals surface area contributed by atoms with Crippen molar-refractivity contribution in [3.05, 3.63) is 0 Å². The predicted molar refractivity (Wildman–Crippen MR) is 62.5 cm³/mol. The molecule has 5 heteroatoms. The van der Waals surface area contributed by atoms with Gasteiger partial charge in [0.2, 0.25) is 0 Å². The second kappa shape index (κ2) is 4.74. The standard InChI is InChI=1S/C12H21NO4/c1-13(2,3)8-12(17,7-11(15)16)10(14)6-9-4-5-9/h9,17H,4-8H2,1-3H3/p+1/t12-/m1/s1. The molecule has 1 saturated carbocycles. The van der Waals surface area contributed by atoms with Gasteiger partial charge in [-0.1, -0.05) is 0 Å². The van der Waals surface area contributed by atoms with E-state index in [1.54, 1.807) is 0 Å². The van der Waals surface area contributed by atoms with Crippen LogP contribution in [-0.4, -0.2) is 59.7 Å². The SMILES string of the molecule is C[N+](C)(C)C[C@](O)(CC(=O)O)C(=O)CC1CC1. The number of carbonyl (C=O) groups is 2. The maximum atomic E-state index is 12.0. The van der Waals surface area contributed by atoms with Crippen molar-refractivity contribution in [2.75, 3.05) is 27.7 Å². The number of aliphatic hydroxyl groups is 1. The van der Waals surface area contributed by atoms with E-state index in [4.69, 9.17) is 5.11 Å². The van der Waals surface area contributed by atoms with E-state index in [0.29, 0.717) is 16.8 Å². The molecule has 0 saturated heterocycles. The van der Waals surface area contributed by atoms with Crippen molar-refractivity contribution in [1.29, 1.82) is 0 Å². The Morgan fingerprint density at radius 2 is 1.82 bits per heavy atom. The maximum Gasteiger partial charge on any atom is 0.306 e. The molecule has 1 rings (SSSR count). The Hall–Kier alpha value is -0.940. The van der Waals surface area contributed by atoms with Gasteiger partial charge < -0.3 is 14.7 Å². The molecule has 1 atom stereocenters. The number of rotatable bonds is 7. The molecule has 5 nitrogen and oxygen atoms in total. The molecule has 0 bridgehead atoms. The quantitative estimate of drug-likeness (QED) is 0.630. The summed E-state index contributed by atoms with van der Waals surface area (Å²) in [6.07, 6.45) is 1.83. The minimum absolute atomic E-state index is 0.130. The van der Waals surface area contributed by atoms with Crippen LogP contribution in [0.1, 0.15) is 25.7 Å². The van der Waals surface area contributed by atoms with Crippen molar-refractivity contribution >= 4 is 11.8 Å². The molecule has 1 aliphatic carbocycles. The molecular weight excluding hydrogens is 222 g/mol. The fraction of sp³-hybridized carbons (Fsp3) is 0.833. The van der Waals surface area contributed by atoms with Gasteiger partial charge >= 0.3 is 5.97 Å². The molecule has 1 fully saturated rings. The van der Waals surface area contributed by atoms with Crippen LogP contribution in [0.15, 0.2) is 0 Å². The molecule has 0 aromatic heterocycles. The van der Waals surface area contributed by atoms with Gasteiger partial charge in [-0.05, 0) is 18.8 Å². The van der Waals surface area contributed by atoms with E-state index in [1.807, 2.05) is 21.1 Å². The summed E-state index contributed by atoms with van der Waals surface area (Å²) in [6.45, 7) is 0.130. The third kappa shape index (κ3) is 4.83. The van der Waals surface area contributed by atoms with Crippen molar-refractivity contribution in [3.8, 4) is 0 Å². The predicted octanol–water partition coefficient (Wildman–Crippen LogP) is 0.268. The molecule has 0 aromatic carbocycles. The lowest BCUT2D eigenvalue weighted by molar-refractivity contribution is -0.875. The van der Waals surface area contributed by atoms with Crippen molar-refractivity contribution in [2.45, 2.75) is 31.3 Å². The summed E-state index contributed by atoms with van der Waals surface area (Å²) in [5.41, 5.74) is -1.73. The number of hydrogen-bond donors (Lipinski definition) is 2. The van der Waals surface area contributed by atoms with Crippen molar-refractivity contribution < 1.29 is 24.3 Å². The molecule has 0 amide bonds. The Bertz CT molecular complexity index is 317. The summed E-state index contributed by atoms with van der Waals surface area (Å²) in [5.74, 6) is -1.10. The van der Waals surface area contributed by atoms with E-state index in [1.165, 1.54) is 0 Å². The number of ketones is 1. The highest BCUT2D eigenvalue weighted by atomic mass is 16.4. The van der Waals surface area contributed by atoms with Gasteiger partial charge in [-0.3, -0.25) is 9.59 Å². The van der Waals surface area contributed by atoms with Crippen LogP contribution in [0.5, 0.6) is 0 Å². The fourth-order valence-electron chi connectivity index (χ4n) is 2.05. The van der Waals surface area contributed by atoms with Gasteiger partial charge in [0.15, 0.2) is 11.4 Å². The largest absolute Gasteiger partial charge is 0.481 e. The highest BCUT2D eigenvalue weighted by Gasteiger charge is 2.44. The van der Waals surface area contributed by atoms with E-state index >= 15 is 0 Å². The van der Waals surface area contributed by atoms with Gasteiger partial charge in [-0.25, -0.2) is 0 Å². The van der Waals surface area contributed by atoms with Crippen LogP contribution in [0.3, 0.4) is 0 Å². The molecule has 0 heterocycles. The van der Waals surface area contributed by atoms with E-state index in [-0.39, 0.29) is 12.3 Å². The van der Waals surface area contributed by atoms with Crippen LogP contribution in [0, 0.1) is 5.92 Å².